The van der Waals surface area contributed by atoms with Gasteiger partial charge in [-0.05, 0) is 19.1 Å². The Morgan fingerprint density at radius 3 is 3.00 bits per heavy atom. The Morgan fingerprint density at radius 1 is 1.56 bits per heavy atom. The van der Waals surface area contributed by atoms with E-state index in [1.54, 1.807) is 30.4 Å². The van der Waals surface area contributed by atoms with Gasteiger partial charge in [-0.3, -0.25) is 14.3 Å². The van der Waals surface area contributed by atoms with Crippen molar-refractivity contribution in [3.05, 3.63) is 37.2 Å². The van der Waals surface area contributed by atoms with E-state index in [9.17, 15) is 4.79 Å². The minimum Gasteiger partial charge on any atom is -0.344 e. The van der Waals surface area contributed by atoms with Gasteiger partial charge in [-0.1, -0.05) is 17.8 Å². The number of amides is 1. The van der Waals surface area contributed by atoms with E-state index >= 15 is 0 Å². The maximum atomic E-state index is 12.4. The molecule has 0 bridgehead atoms. The van der Waals surface area contributed by atoms with Crippen molar-refractivity contribution in [2.45, 2.75) is 30.3 Å². The highest BCUT2D eigenvalue weighted by Crippen LogP contribution is 2.27. The van der Waals surface area contributed by atoms with Crippen LogP contribution < -0.4 is 0 Å². The minimum absolute atomic E-state index is 0.0451. The number of allylic oxidation sites excluding steroid dienone is 1. The lowest BCUT2D eigenvalue weighted by Gasteiger charge is -2.19. The van der Waals surface area contributed by atoms with Crippen LogP contribution in [0.25, 0.3) is 11.4 Å². The summed E-state index contributed by atoms with van der Waals surface area (Å²) >= 11 is 1.34. The number of nitriles is 1. The van der Waals surface area contributed by atoms with E-state index in [4.69, 9.17) is 5.26 Å². The molecule has 130 valence electrons. The standard InChI is InChI=1S/C17H20N6OS/c1-4-10-23-15(14-7-5-9-19-12-14)20-21-17(23)25-13(2)16(24)22(3)11-6-8-18/h4-5,7,9,12-13H,1,6,10-11H2,2-3H3/t13-/m1/s1. The summed E-state index contributed by atoms with van der Waals surface area (Å²) in [5.74, 6) is 0.643. The SMILES string of the molecule is C=CCn1c(S[C@H](C)C(=O)N(C)CCC#N)nnc1-c1cccnc1. The molecule has 2 aromatic rings. The van der Waals surface area contributed by atoms with E-state index in [1.807, 2.05) is 29.7 Å². The molecular formula is C17H20N6OS. The van der Waals surface area contributed by atoms with Crippen LogP contribution in [0.3, 0.4) is 0 Å². The Balaban J connectivity index is 2.19. The Labute approximate surface area is 151 Å². The van der Waals surface area contributed by atoms with Gasteiger partial charge in [-0.2, -0.15) is 5.26 Å². The molecule has 0 saturated heterocycles. The zero-order chi connectivity index (χ0) is 18.2. The predicted octanol–water partition coefficient (Wildman–Crippen LogP) is 2.38. The van der Waals surface area contributed by atoms with Gasteiger partial charge in [0.2, 0.25) is 5.91 Å². The van der Waals surface area contributed by atoms with Gasteiger partial charge < -0.3 is 4.90 Å². The zero-order valence-electron chi connectivity index (χ0n) is 14.3. The number of thioether (sulfide) groups is 1. The second-order valence-corrected chi connectivity index (χ2v) is 6.68. The molecule has 2 rings (SSSR count). The lowest BCUT2D eigenvalue weighted by atomic mass is 10.3. The van der Waals surface area contributed by atoms with Crippen LogP contribution in [-0.4, -0.2) is 49.4 Å². The number of rotatable bonds is 8. The predicted molar refractivity (Wildman–Crippen MR) is 96.6 cm³/mol. The van der Waals surface area contributed by atoms with E-state index in [2.05, 4.69) is 21.8 Å². The first-order chi connectivity index (χ1) is 12.1. The molecule has 0 aliphatic heterocycles. The number of carbonyl (C=O) groups excluding carboxylic acids is 1. The number of hydrogen-bond donors (Lipinski definition) is 0. The Morgan fingerprint density at radius 2 is 2.36 bits per heavy atom. The molecule has 0 aromatic carbocycles. The number of aromatic nitrogens is 4. The van der Waals surface area contributed by atoms with Gasteiger partial charge in [0.15, 0.2) is 11.0 Å². The summed E-state index contributed by atoms with van der Waals surface area (Å²) in [5, 5.41) is 17.4. The molecule has 1 amide bonds. The maximum Gasteiger partial charge on any atom is 0.235 e. The normalized spacial score (nSPS) is 11.6. The third kappa shape index (κ3) is 4.67. The summed E-state index contributed by atoms with van der Waals surface area (Å²) in [6.07, 6.45) is 5.50. The van der Waals surface area contributed by atoms with E-state index in [0.717, 1.165) is 5.56 Å². The molecule has 0 radical (unpaired) electrons. The van der Waals surface area contributed by atoms with E-state index in [-0.39, 0.29) is 11.2 Å². The van der Waals surface area contributed by atoms with Crippen LogP contribution >= 0.6 is 11.8 Å². The van der Waals surface area contributed by atoms with Crippen molar-refractivity contribution in [3.63, 3.8) is 0 Å². The summed E-state index contributed by atoms with van der Waals surface area (Å²) in [7, 11) is 1.70. The minimum atomic E-state index is -0.335. The number of pyridine rings is 1. The van der Waals surface area contributed by atoms with E-state index < -0.39 is 0 Å². The molecule has 7 nitrogen and oxygen atoms in total. The first-order valence-electron chi connectivity index (χ1n) is 7.81. The molecule has 2 aromatic heterocycles. The largest absolute Gasteiger partial charge is 0.344 e. The maximum absolute atomic E-state index is 12.4. The highest BCUT2D eigenvalue weighted by atomic mass is 32.2. The van der Waals surface area contributed by atoms with Crippen LogP contribution in [0.4, 0.5) is 0 Å². The van der Waals surface area contributed by atoms with Crippen molar-refractivity contribution in [3.8, 4) is 17.5 Å². The molecule has 8 heteroatoms. The number of hydrogen-bond acceptors (Lipinski definition) is 6. The fraction of sp³-hybridized carbons (Fsp3) is 0.353. The summed E-state index contributed by atoms with van der Waals surface area (Å²) in [5.41, 5.74) is 0.855. The highest BCUT2D eigenvalue weighted by molar-refractivity contribution is 8.00. The quantitative estimate of drug-likeness (QED) is 0.533. The van der Waals surface area contributed by atoms with Crippen molar-refractivity contribution in [1.29, 1.82) is 5.26 Å². The third-order valence-electron chi connectivity index (χ3n) is 3.51. The van der Waals surface area contributed by atoms with Gasteiger partial charge in [0.1, 0.15) is 0 Å². The number of carbonyl (C=O) groups is 1. The molecule has 0 aliphatic rings. The highest BCUT2D eigenvalue weighted by Gasteiger charge is 2.22. The second-order valence-electron chi connectivity index (χ2n) is 5.38. The summed E-state index contributed by atoms with van der Waals surface area (Å²) in [4.78, 5) is 18.1. The Kier molecular flexibility index (Phi) is 6.71. The van der Waals surface area contributed by atoms with Crippen LogP contribution in [0, 0.1) is 11.3 Å². The first kappa shape index (κ1) is 18.7. The van der Waals surface area contributed by atoms with Crippen molar-refractivity contribution in [2.24, 2.45) is 0 Å². The average Bonchev–Trinajstić information content (AvgIpc) is 3.02. The van der Waals surface area contributed by atoms with Gasteiger partial charge in [-0.15, -0.1) is 16.8 Å². The molecule has 0 aliphatic carbocycles. The van der Waals surface area contributed by atoms with Crippen LogP contribution in [-0.2, 0) is 11.3 Å². The smallest absolute Gasteiger partial charge is 0.235 e. The first-order valence-corrected chi connectivity index (χ1v) is 8.69. The molecule has 0 unspecified atom stereocenters. The van der Waals surface area contributed by atoms with Crippen molar-refractivity contribution < 1.29 is 4.79 Å². The third-order valence-corrected chi connectivity index (χ3v) is 4.58. The average molecular weight is 356 g/mol. The monoisotopic (exact) mass is 356 g/mol. The number of nitrogens with zero attached hydrogens (tertiary/aromatic N) is 6. The lowest BCUT2D eigenvalue weighted by Crippen LogP contribution is -2.34. The summed E-state index contributed by atoms with van der Waals surface area (Å²) in [6.45, 7) is 6.56. The molecule has 25 heavy (non-hydrogen) atoms. The molecular weight excluding hydrogens is 336 g/mol. The fourth-order valence-corrected chi connectivity index (χ4v) is 3.20. The molecule has 0 saturated carbocycles. The van der Waals surface area contributed by atoms with Gasteiger partial charge in [-0.25, -0.2) is 0 Å². The van der Waals surface area contributed by atoms with Gasteiger partial charge >= 0.3 is 0 Å². The van der Waals surface area contributed by atoms with Crippen molar-refractivity contribution in [2.75, 3.05) is 13.6 Å². The fourth-order valence-electron chi connectivity index (χ4n) is 2.22. The van der Waals surface area contributed by atoms with E-state index in [0.29, 0.717) is 30.5 Å². The molecule has 0 spiro atoms. The van der Waals surface area contributed by atoms with Crippen LogP contribution in [0.1, 0.15) is 13.3 Å². The molecule has 1 atom stereocenters. The summed E-state index contributed by atoms with van der Waals surface area (Å²) < 4.78 is 1.91. The Bertz CT molecular complexity index is 767. The summed E-state index contributed by atoms with van der Waals surface area (Å²) in [6, 6.07) is 5.80. The molecule has 0 N–H and O–H groups in total. The second kappa shape index (κ2) is 8.99. The molecule has 0 fully saturated rings. The van der Waals surface area contributed by atoms with Gasteiger partial charge in [0, 0.05) is 38.1 Å². The van der Waals surface area contributed by atoms with Crippen LogP contribution in [0.5, 0.6) is 0 Å². The van der Waals surface area contributed by atoms with E-state index in [1.165, 1.54) is 11.8 Å². The zero-order valence-corrected chi connectivity index (χ0v) is 15.1. The van der Waals surface area contributed by atoms with Crippen LogP contribution in [0.15, 0.2) is 42.3 Å². The Hall–Kier alpha value is -2.66. The van der Waals surface area contributed by atoms with Gasteiger partial charge in [0.25, 0.3) is 0 Å². The lowest BCUT2D eigenvalue weighted by molar-refractivity contribution is -0.128. The molecule has 2 heterocycles. The van der Waals surface area contributed by atoms with Gasteiger partial charge in [0.05, 0.1) is 17.7 Å². The topological polar surface area (TPSA) is 87.7 Å². The van der Waals surface area contributed by atoms with Crippen LogP contribution in [0.2, 0.25) is 0 Å². The van der Waals surface area contributed by atoms with Crippen molar-refractivity contribution in [1.82, 2.24) is 24.6 Å². The van der Waals surface area contributed by atoms with Crippen molar-refractivity contribution >= 4 is 17.7 Å².